The van der Waals surface area contributed by atoms with Gasteiger partial charge in [-0.25, -0.2) is 19.1 Å². The van der Waals surface area contributed by atoms with Crippen LogP contribution in [0.3, 0.4) is 0 Å². The van der Waals surface area contributed by atoms with E-state index in [2.05, 4.69) is 47.9 Å². The number of methoxy groups -OCH3 is 1. The van der Waals surface area contributed by atoms with Crippen LogP contribution in [-0.2, 0) is 27.7 Å². The fraction of sp³-hybridized carbons (Fsp3) is 0.429. The molecule has 0 fully saturated rings. The third-order valence-electron chi connectivity index (χ3n) is 6.24. The average molecular weight is 581 g/mol. The summed E-state index contributed by atoms with van der Waals surface area (Å²) in [7, 11) is -0.182. The maximum absolute atomic E-state index is 12.3. The standard InChI is InChI=1S/C28H38N5O5Si2/c1-35-28(34)27-23-9-8-22(17-25(23)33(31-27)20-37-14-16-40(4,5)6)38-26-10-7-21(18-29-26)24-11-12-30-32(24)19-36-13-15-39(2)3/h7-12,17-18H,13-16,19-20H2,1-6H3. The Kier molecular flexibility index (Phi) is 9.90. The van der Waals surface area contributed by atoms with Crippen molar-refractivity contribution in [1.29, 1.82) is 0 Å². The lowest BCUT2D eigenvalue weighted by molar-refractivity contribution is 0.0585. The third kappa shape index (κ3) is 7.87. The number of benzene rings is 1. The predicted octanol–water partition coefficient (Wildman–Crippen LogP) is 5.91. The first-order valence-corrected chi connectivity index (χ1v) is 19.8. The van der Waals surface area contributed by atoms with Gasteiger partial charge in [0.1, 0.15) is 19.2 Å². The number of rotatable bonds is 14. The molecule has 1 radical (unpaired) electrons. The van der Waals surface area contributed by atoms with Gasteiger partial charge in [0, 0.05) is 65.6 Å². The lowest BCUT2D eigenvalue weighted by Gasteiger charge is -2.15. The van der Waals surface area contributed by atoms with Gasteiger partial charge in [0.15, 0.2) is 5.69 Å². The summed E-state index contributed by atoms with van der Waals surface area (Å²) < 4.78 is 26.2. The SMILES string of the molecule is COC(=O)c1nn(COCC[Si](C)(C)C)c2cc(Oc3ccc(-c4ccnn4COCC[Si](C)C)cn3)ccc12. The predicted molar refractivity (Wildman–Crippen MR) is 159 cm³/mol. The summed E-state index contributed by atoms with van der Waals surface area (Å²) in [5, 5.41) is 9.52. The minimum atomic E-state index is -1.22. The fourth-order valence-electron chi connectivity index (χ4n) is 3.91. The summed E-state index contributed by atoms with van der Waals surface area (Å²) in [6, 6.07) is 13.3. The normalized spacial score (nSPS) is 11.9. The van der Waals surface area contributed by atoms with Crippen LogP contribution in [0.5, 0.6) is 11.6 Å². The van der Waals surface area contributed by atoms with Gasteiger partial charge in [-0.1, -0.05) is 32.7 Å². The van der Waals surface area contributed by atoms with Crippen molar-refractivity contribution in [3.63, 3.8) is 0 Å². The summed E-state index contributed by atoms with van der Waals surface area (Å²) in [5.41, 5.74) is 2.79. The molecule has 0 spiro atoms. The van der Waals surface area contributed by atoms with Gasteiger partial charge in [0.05, 0.1) is 18.3 Å². The first kappa shape index (κ1) is 29.7. The zero-order valence-corrected chi connectivity index (χ0v) is 26.1. The molecule has 0 saturated heterocycles. The molecule has 10 nitrogen and oxygen atoms in total. The van der Waals surface area contributed by atoms with Crippen LogP contribution >= 0.6 is 0 Å². The summed E-state index contributed by atoms with van der Waals surface area (Å²) in [5.74, 6) is 0.512. The number of aromatic nitrogens is 5. The summed E-state index contributed by atoms with van der Waals surface area (Å²) in [4.78, 5) is 16.9. The molecule has 0 N–H and O–H groups in total. The third-order valence-corrected chi connectivity index (χ3v) is 9.15. The highest BCUT2D eigenvalue weighted by Crippen LogP contribution is 2.28. The van der Waals surface area contributed by atoms with E-state index in [0.29, 0.717) is 35.9 Å². The quantitative estimate of drug-likeness (QED) is 0.103. The molecule has 0 aliphatic carbocycles. The van der Waals surface area contributed by atoms with E-state index in [9.17, 15) is 4.79 Å². The van der Waals surface area contributed by atoms with Crippen LogP contribution in [-0.4, -0.2) is 67.7 Å². The maximum atomic E-state index is 12.3. The largest absolute Gasteiger partial charge is 0.464 e. The van der Waals surface area contributed by atoms with Gasteiger partial charge in [-0.2, -0.15) is 10.2 Å². The zero-order valence-electron chi connectivity index (χ0n) is 24.1. The Morgan fingerprint density at radius 1 is 1.00 bits per heavy atom. The van der Waals surface area contributed by atoms with Crippen molar-refractivity contribution in [2.45, 2.75) is 58.3 Å². The second-order valence-corrected chi connectivity index (χ2v) is 19.6. The molecule has 3 aromatic heterocycles. The fourth-order valence-corrected chi connectivity index (χ4v) is 5.22. The average Bonchev–Trinajstić information content (AvgIpc) is 3.53. The van der Waals surface area contributed by atoms with Gasteiger partial charge in [-0.05, 0) is 36.4 Å². The van der Waals surface area contributed by atoms with E-state index >= 15 is 0 Å². The Hall–Kier alpha value is -3.33. The first-order valence-electron chi connectivity index (χ1n) is 13.3. The molecule has 0 aliphatic rings. The van der Waals surface area contributed by atoms with Crippen LogP contribution in [0.15, 0.2) is 48.8 Å². The minimum absolute atomic E-state index is 0.227. The van der Waals surface area contributed by atoms with Gasteiger partial charge in [0.2, 0.25) is 5.88 Å². The molecule has 0 amide bonds. The van der Waals surface area contributed by atoms with E-state index < -0.39 is 14.0 Å². The molecule has 4 rings (SSSR count). The van der Waals surface area contributed by atoms with E-state index in [0.717, 1.165) is 30.0 Å². The zero-order chi connectivity index (χ0) is 28.7. The van der Waals surface area contributed by atoms with Gasteiger partial charge in [-0.15, -0.1) is 0 Å². The smallest absolute Gasteiger partial charge is 0.359 e. The van der Waals surface area contributed by atoms with Crippen molar-refractivity contribution in [3.8, 4) is 22.9 Å². The van der Waals surface area contributed by atoms with Crippen molar-refractivity contribution in [3.05, 3.63) is 54.5 Å². The highest BCUT2D eigenvalue weighted by atomic mass is 28.3. The Morgan fingerprint density at radius 2 is 1.77 bits per heavy atom. The Labute approximate surface area is 237 Å². The molecule has 213 valence electrons. The van der Waals surface area contributed by atoms with Gasteiger partial charge in [0.25, 0.3) is 0 Å². The summed E-state index contributed by atoms with van der Waals surface area (Å²) in [6.45, 7) is 13.5. The molecule has 40 heavy (non-hydrogen) atoms. The molecular weight excluding hydrogens is 543 g/mol. The number of ether oxygens (including phenoxy) is 4. The van der Waals surface area contributed by atoms with Gasteiger partial charge >= 0.3 is 5.97 Å². The lowest BCUT2D eigenvalue weighted by atomic mass is 10.2. The van der Waals surface area contributed by atoms with Crippen molar-refractivity contribution in [2.75, 3.05) is 20.3 Å². The highest BCUT2D eigenvalue weighted by Gasteiger charge is 2.19. The number of fused-ring (bicyclic) bond motifs is 1. The van der Waals surface area contributed by atoms with Crippen LogP contribution in [0.25, 0.3) is 22.2 Å². The first-order chi connectivity index (χ1) is 19.1. The van der Waals surface area contributed by atoms with Gasteiger partial charge < -0.3 is 18.9 Å². The van der Waals surface area contributed by atoms with Crippen LogP contribution in [0.4, 0.5) is 0 Å². The van der Waals surface area contributed by atoms with E-state index in [1.54, 1.807) is 29.2 Å². The highest BCUT2D eigenvalue weighted by molar-refractivity contribution is 6.76. The number of nitrogens with zero attached hydrogens (tertiary/aromatic N) is 5. The number of hydrogen-bond donors (Lipinski definition) is 0. The molecule has 0 aliphatic heterocycles. The Morgan fingerprint density at radius 3 is 2.48 bits per heavy atom. The molecule has 0 unspecified atom stereocenters. The second-order valence-electron chi connectivity index (χ2n) is 11.1. The lowest BCUT2D eigenvalue weighted by Crippen LogP contribution is -2.22. The molecule has 0 atom stereocenters. The number of carbonyl (C=O) groups excluding carboxylic acids is 1. The maximum Gasteiger partial charge on any atom is 0.359 e. The van der Waals surface area contributed by atoms with Crippen molar-refractivity contribution >= 4 is 33.7 Å². The number of carbonyl (C=O) groups is 1. The minimum Gasteiger partial charge on any atom is -0.464 e. The summed E-state index contributed by atoms with van der Waals surface area (Å²) in [6.07, 6.45) is 3.51. The molecule has 3 heterocycles. The van der Waals surface area contributed by atoms with E-state index in [1.807, 2.05) is 28.9 Å². The van der Waals surface area contributed by atoms with Crippen LogP contribution in [0, 0.1) is 0 Å². The second kappa shape index (κ2) is 13.4. The van der Waals surface area contributed by atoms with Gasteiger partial charge in [-0.3, -0.25) is 0 Å². The van der Waals surface area contributed by atoms with Crippen molar-refractivity contribution in [2.24, 2.45) is 0 Å². The van der Waals surface area contributed by atoms with Crippen molar-refractivity contribution in [1.82, 2.24) is 24.5 Å². The van der Waals surface area contributed by atoms with Crippen LogP contribution in [0.1, 0.15) is 10.5 Å². The monoisotopic (exact) mass is 580 g/mol. The molecular formula is C28H38N5O5Si2. The van der Waals surface area contributed by atoms with E-state index in [4.69, 9.17) is 18.9 Å². The molecule has 12 heteroatoms. The number of pyridine rings is 1. The molecule has 4 aromatic rings. The van der Waals surface area contributed by atoms with E-state index in [-0.39, 0.29) is 21.2 Å². The van der Waals surface area contributed by atoms with Crippen LogP contribution in [0.2, 0.25) is 44.8 Å². The summed E-state index contributed by atoms with van der Waals surface area (Å²) >= 11 is 0. The van der Waals surface area contributed by atoms with Crippen LogP contribution < -0.4 is 4.74 Å². The Balaban J connectivity index is 1.47. The molecule has 0 bridgehead atoms. The molecule has 1 aromatic carbocycles. The Bertz CT molecular complexity index is 1410. The topological polar surface area (TPSA) is 103 Å². The number of esters is 1. The van der Waals surface area contributed by atoms with Crippen molar-refractivity contribution < 1.29 is 23.7 Å². The number of hydrogen-bond acceptors (Lipinski definition) is 8. The van der Waals surface area contributed by atoms with E-state index in [1.165, 1.54) is 7.11 Å². The molecule has 0 saturated carbocycles.